The van der Waals surface area contributed by atoms with Crippen molar-refractivity contribution in [3.05, 3.63) is 71.0 Å². The van der Waals surface area contributed by atoms with Crippen molar-refractivity contribution in [3.63, 3.8) is 0 Å². The Hall–Kier alpha value is -2.94. The average Bonchev–Trinajstić information content (AvgIpc) is 2.54. The predicted octanol–water partition coefficient (Wildman–Crippen LogP) is 4.61. The number of nitriles is 1. The summed E-state index contributed by atoms with van der Waals surface area (Å²) in [6.45, 7) is 1.81. The van der Waals surface area contributed by atoms with Crippen LogP contribution in [0.4, 0.5) is 13.2 Å². The molecule has 3 aromatic rings. The fourth-order valence-electron chi connectivity index (χ4n) is 2.57. The van der Waals surface area contributed by atoms with Crippen LogP contribution in [0.25, 0.3) is 11.0 Å². The predicted molar refractivity (Wildman–Crippen MR) is 83.2 cm³/mol. The number of hydrogen-bond donors (Lipinski definition) is 0. The third-order valence-electron chi connectivity index (χ3n) is 3.64. The van der Waals surface area contributed by atoms with Crippen LogP contribution in [0.3, 0.4) is 0 Å². The van der Waals surface area contributed by atoms with Crippen molar-refractivity contribution >= 4 is 11.0 Å². The number of aromatic nitrogens is 2. The second kappa shape index (κ2) is 5.93. The number of para-hydroxylation sites is 2. The van der Waals surface area contributed by atoms with Crippen LogP contribution in [0.1, 0.15) is 28.4 Å². The number of rotatable bonds is 2. The Morgan fingerprint density at radius 3 is 2.25 bits per heavy atom. The SMILES string of the molecule is Cc1cccc([C@@H](C#N)c2nc3ccccc3nc2C(F)(F)F)c1. The molecule has 1 heterocycles. The highest BCUT2D eigenvalue weighted by atomic mass is 19.4. The first-order valence-electron chi connectivity index (χ1n) is 7.20. The number of alkyl halides is 3. The monoisotopic (exact) mass is 327 g/mol. The Morgan fingerprint density at radius 2 is 1.67 bits per heavy atom. The van der Waals surface area contributed by atoms with E-state index in [1.54, 1.807) is 36.4 Å². The number of hydrogen-bond acceptors (Lipinski definition) is 3. The van der Waals surface area contributed by atoms with Gasteiger partial charge in [0.2, 0.25) is 0 Å². The summed E-state index contributed by atoms with van der Waals surface area (Å²) in [6.07, 6.45) is -4.69. The molecule has 1 aromatic heterocycles. The van der Waals surface area contributed by atoms with Crippen molar-refractivity contribution in [2.45, 2.75) is 19.0 Å². The van der Waals surface area contributed by atoms with Gasteiger partial charge in [-0.15, -0.1) is 0 Å². The number of nitrogens with zero attached hydrogens (tertiary/aromatic N) is 3. The van der Waals surface area contributed by atoms with E-state index in [4.69, 9.17) is 0 Å². The lowest BCUT2D eigenvalue weighted by Gasteiger charge is -2.16. The van der Waals surface area contributed by atoms with Gasteiger partial charge in [0.25, 0.3) is 0 Å². The first-order chi connectivity index (χ1) is 11.4. The number of fused-ring (bicyclic) bond motifs is 1. The Labute approximate surface area is 136 Å². The van der Waals surface area contributed by atoms with Gasteiger partial charge < -0.3 is 0 Å². The van der Waals surface area contributed by atoms with Gasteiger partial charge in [0.15, 0.2) is 5.69 Å². The summed E-state index contributed by atoms with van der Waals surface area (Å²) in [5.41, 5.74) is 0.314. The summed E-state index contributed by atoms with van der Waals surface area (Å²) < 4.78 is 40.4. The largest absolute Gasteiger partial charge is 0.435 e. The Kier molecular flexibility index (Phi) is 3.94. The third-order valence-corrected chi connectivity index (χ3v) is 3.64. The van der Waals surface area contributed by atoms with E-state index in [-0.39, 0.29) is 11.2 Å². The van der Waals surface area contributed by atoms with Gasteiger partial charge in [-0.25, -0.2) is 9.97 Å². The van der Waals surface area contributed by atoms with E-state index in [0.717, 1.165) is 5.56 Å². The summed E-state index contributed by atoms with van der Waals surface area (Å²) in [5, 5.41) is 9.50. The molecular weight excluding hydrogens is 315 g/mol. The first kappa shape index (κ1) is 15.9. The van der Waals surface area contributed by atoms with E-state index < -0.39 is 17.8 Å². The lowest BCUT2D eigenvalue weighted by molar-refractivity contribution is -0.141. The van der Waals surface area contributed by atoms with E-state index in [1.807, 2.05) is 19.1 Å². The molecule has 0 N–H and O–H groups in total. The van der Waals surface area contributed by atoms with E-state index in [0.29, 0.717) is 11.1 Å². The van der Waals surface area contributed by atoms with Gasteiger partial charge in [-0.3, -0.25) is 0 Å². The molecule has 120 valence electrons. The summed E-state index contributed by atoms with van der Waals surface area (Å²) in [4.78, 5) is 7.84. The molecule has 0 radical (unpaired) electrons. The summed E-state index contributed by atoms with van der Waals surface area (Å²) in [7, 11) is 0. The molecule has 0 unspecified atom stereocenters. The van der Waals surface area contributed by atoms with Gasteiger partial charge in [0.1, 0.15) is 5.92 Å². The summed E-state index contributed by atoms with van der Waals surface area (Å²) in [5.74, 6) is -1.14. The molecule has 0 bridgehead atoms. The summed E-state index contributed by atoms with van der Waals surface area (Å²) >= 11 is 0. The smallest absolute Gasteiger partial charge is 0.247 e. The Morgan fingerprint density at radius 1 is 1.00 bits per heavy atom. The van der Waals surface area contributed by atoms with Crippen molar-refractivity contribution in [1.29, 1.82) is 5.26 Å². The van der Waals surface area contributed by atoms with Crippen LogP contribution < -0.4 is 0 Å². The van der Waals surface area contributed by atoms with Crippen molar-refractivity contribution in [1.82, 2.24) is 9.97 Å². The molecule has 0 aliphatic heterocycles. The molecule has 0 spiro atoms. The maximum Gasteiger partial charge on any atom is 0.435 e. The molecule has 3 rings (SSSR count). The minimum Gasteiger partial charge on any atom is -0.247 e. The van der Waals surface area contributed by atoms with Crippen molar-refractivity contribution in [2.75, 3.05) is 0 Å². The number of halogens is 3. The van der Waals surface area contributed by atoms with Crippen molar-refractivity contribution < 1.29 is 13.2 Å². The highest BCUT2D eigenvalue weighted by molar-refractivity contribution is 5.74. The standard InChI is InChI=1S/C18H12F3N3/c1-11-5-4-6-12(9-11)13(10-22)16-17(18(19,20)21)24-15-8-3-2-7-14(15)23-16/h2-9,13H,1H3/t13-/m1/s1. The fourth-order valence-corrected chi connectivity index (χ4v) is 2.57. The maximum absolute atomic E-state index is 13.5. The minimum absolute atomic E-state index is 0.148. The molecule has 0 amide bonds. The van der Waals surface area contributed by atoms with Gasteiger partial charge in [-0.1, -0.05) is 42.0 Å². The lowest BCUT2D eigenvalue weighted by Crippen LogP contribution is -2.17. The van der Waals surface area contributed by atoms with Gasteiger partial charge in [0.05, 0.1) is 22.8 Å². The lowest BCUT2D eigenvalue weighted by atomic mass is 9.94. The summed E-state index contributed by atoms with van der Waals surface area (Å²) in [6, 6.07) is 15.1. The average molecular weight is 327 g/mol. The van der Waals surface area contributed by atoms with Crippen LogP contribution in [-0.2, 0) is 6.18 Å². The molecule has 3 nitrogen and oxygen atoms in total. The number of aryl methyl sites for hydroxylation is 1. The topological polar surface area (TPSA) is 49.6 Å². The van der Waals surface area contributed by atoms with E-state index >= 15 is 0 Å². The normalized spacial score (nSPS) is 12.8. The highest BCUT2D eigenvalue weighted by Gasteiger charge is 2.39. The third kappa shape index (κ3) is 2.93. The Balaban J connectivity index is 2.28. The molecule has 0 aliphatic carbocycles. The van der Waals surface area contributed by atoms with Gasteiger partial charge in [-0.2, -0.15) is 18.4 Å². The molecule has 0 saturated heterocycles. The van der Waals surface area contributed by atoms with Crippen LogP contribution in [0.15, 0.2) is 48.5 Å². The minimum atomic E-state index is -4.69. The zero-order valence-corrected chi connectivity index (χ0v) is 12.7. The van der Waals surface area contributed by atoms with Gasteiger partial charge in [0, 0.05) is 0 Å². The molecule has 0 aliphatic rings. The molecule has 0 fully saturated rings. The maximum atomic E-state index is 13.5. The number of benzene rings is 2. The van der Waals surface area contributed by atoms with Gasteiger partial charge in [-0.05, 0) is 24.6 Å². The van der Waals surface area contributed by atoms with E-state index in [2.05, 4.69) is 9.97 Å². The van der Waals surface area contributed by atoms with Crippen LogP contribution >= 0.6 is 0 Å². The molecule has 24 heavy (non-hydrogen) atoms. The first-order valence-corrected chi connectivity index (χ1v) is 7.20. The van der Waals surface area contributed by atoms with Crippen LogP contribution in [0, 0.1) is 18.3 Å². The zero-order chi connectivity index (χ0) is 17.3. The van der Waals surface area contributed by atoms with Crippen LogP contribution in [-0.4, -0.2) is 9.97 Å². The van der Waals surface area contributed by atoms with Gasteiger partial charge >= 0.3 is 6.18 Å². The van der Waals surface area contributed by atoms with Crippen molar-refractivity contribution in [3.8, 4) is 6.07 Å². The van der Waals surface area contributed by atoms with Crippen LogP contribution in [0.2, 0.25) is 0 Å². The Bertz CT molecular complexity index is 942. The second-order valence-corrected chi connectivity index (χ2v) is 5.42. The zero-order valence-electron chi connectivity index (χ0n) is 12.7. The molecule has 6 heteroatoms. The fraction of sp³-hybridized carbons (Fsp3) is 0.167. The highest BCUT2D eigenvalue weighted by Crippen LogP contribution is 2.36. The van der Waals surface area contributed by atoms with E-state index in [1.165, 1.54) is 6.07 Å². The van der Waals surface area contributed by atoms with E-state index in [9.17, 15) is 18.4 Å². The molecule has 1 atom stereocenters. The molecule has 0 saturated carbocycles. The molecular formula is C18H12F3N3. The quantitative estimate of drug-likeness (QED) is 0.690. The van der Waals surface area contributed by atoms with Crippen LogP contribution in [0.5, 0.6) is 0 Å². The van der Waals surface area contributed by atoms with Crippen molar-refractivity contribution in [2.24, 2.45) is 0 Å². The second-order valence-electron chi connectivity index (χ2n) is 5.42. The molecule has 2 aromatic carbocycles.